The summed E-state index contributed by atoms with van der Waals surface area (Å²) in [5.41, 5.74) is 5.02. The average Bonchev–Trinajstić information content (AvgIpc) is 3.18. The maximum Gasteiger partial charge on any atom is 0.267 e. The van der Waals surface area contributed by atoms with Crippen molar-refractivity contribution in [2.75, 3.05) is 0 Å². The SMILES string of the molecule is Cc1ccc(CSc2nnc3n(-c4ccccc4C)c(=O)c4ccccc4n23)cc1. The Morgan fingerprint density at radius 2 is 1.60 bits per heavy atom. The first-order valence-electron chi connectivity index (χ1n) is 9.77. The number of para-hydroxylation sites is 2. The van der Waals surface area contributed by atoms with Crippen LogP contribution in [0.25, 0.3) is 22.4 Å². The molecule has 0 saturated carbocycles. The van der Waals surface area contributed by atoms with Gasteiger partial charge in [0.05, 0.1) is 16.6 Å². The maximum atomic E-state index is 13.4. The lowest BCUT2D eigenvalue weighted by molar-refractivity contribution is 0.928. The van der Waals surface area contributed by atoms with E-state index in [9.17, 15) is 4.79 Å². The van der Waals surface area contributed by atoms with E-state index < -0.39 is 0 Å². The molecule has 0 aliphatic rings. The van der Waals surface area contributed by atoms with Crippen LogP contribution in [-0.2, 0) is 5.75 Å². The van der Waals surface area contributed by atoms with E-state index in [4.69, 9.17) is 0 Å². The number of nitrogens with zero attached hydrogens (tertiary/aromatic N) is 4. The highest BCUT2D eigenvalue weighted by Crippen LogP contribution is 2.26. The van der Waals surface area contributed by atoms with Gasteiger partial charge in [-0.1, -0.05) is 71.9 Å². The Balaban J connectivity index is 1.72. The van der Waals surface area contributed by atoms with Gasteiger partial charge in [0, 0.05) is 5.75 Å². The second-order valence-electron chi connectivity index (χ2n) is 7.34. The number of aromatic nitrogens is 4. The lowest BCUT2D eigenvalue weighted by Gasteiger charge is -2.13. The summed E-state index contributed by atoms with van der Waals surface area (Å²) in [6.07, 6.45) is 0. The Kier molecular flexibility index (Phi) is 4.64. The van der Waals surface area contributed by atoms with Crippen LogP contribution in [0.3, 0.4) is 0 Å². The smallest absolute Gasteiger partial charge is 0.267 e. The van der Waals surface area contributed by atoms with Crippen molar-refractivity contribution in [2.24, 2.45) is 0 Å². The molecule has 148 valence electrons. The third-order valence-corrected chi connectivity index (χ3v) is 6.24. The molecule has 0 spiro atoms. The van der Waals surface area contributed by atoms with Crippen LogP contribution in [0.1, 0.15) is 16.7 Å². The molecular weight excluding hydrogens is 392 g/mol. The van der Waals surface area contributed by atoms with E-state index in [1.807, 2.05) is 59.9 Å². The van der Waals surface area contributed by atoms with Gasteiger partial charge in [0.15, 0.2) is 5.16 Å². The van der Waals surface area contributed by atoms with E-state index in [1.54, 1.807) is 16.3 Å². The number of benzene rings is 3. The van der Waals surface area contributed by atoms with Gasteiger partial charge in [-0.3, -0.25) is 9.20 Å². The monoisotopic (exact) mass is 412 g/mol. The molecule has 0 bridgehead atoms. The van der Waals surface area contributed by atoms with Crippen LogP contribution in [0.4, 0.5) is 0 Å². The Morgan fingerprint density at radius 3 is 2.40 bits per heavy atom. The van der Waals surface area contributed by atoms with Crippen LogP contribution in [0, 0.1) is 13.8 Å². The third-order valence-electron chi connectivity index (χ3n) is 5.24. The summed E-state index contributed by atoms with van der Waals surface area (Å²) in [4.78, 5) is 13.4. The lowest BCUT2D eigenvalue weighted by atomic mass is 10.2. The summed E-state index contributed by atoms with van der Waals surface area (Å²) in [6.45, 7) is 4.08. The highest BCUT2D eigenvalue weighted by atomic mass is 32.2. The zero-order valence-corrected chi connectivity index (χ0v) is 17.6. The largest absolute Gasteiger partial charge is 0.268 e. The van der Waals surface area contributed by atoms with Crippen LogP contribution < -0.4 is 5.56 Å². The molecule has 2 aromatic heterocycles. The van der Waals surface area contributed by atoms with E-state index in [1.165, 1.54) is 11.1 Å². The molecule has 0 radical (unpaired) electrons. The number of fused-ring (bicyclic) bond motifs is 3. The van der Waals surface area contributed by atoms with E-state index in [0.717, 1.165) is 27.7 Å². The van der Waals surface area contributed by atoms with Gasteiger partial charge in [-0.05, 0) is 43.2 Å². The molecule has 0 saturated heterocycles. The molecule has 5 aromatic rings. The van der Waals surface area contributed by atoms with E-state index in [0.29, 0.717) is 11.2 Å². The zero-order chi connectivity index (χ0) is 20.7. The van der Waals surface area contributed by atoms with Crippen LogP contribution in [0.5, 0.6) is 0 Å². The van der Waals surface area contributed by atoms with Gasteiger partial charge < -0.3 is 0 Å². The Bertz CT molecular complexity index is 1430. The topological polar surface area (TPSA) is 52.2 Å². The Labute approximate surface area is 178 Å². The fourth-order valence-electron chi connectivity index (χ4n) is 3.64. The standard InChI is InChI=1S/C24H20N4OS/c1-16-11-13-18(14-12-16)15-30-24-26-25-23-27(20-9-5-3-7-17(20)2)22(29)19-8-4-6-10-21(19)28(23)24/h3-14H,15H2,1-2H3. The van der Waals surface area contributed by atoms with Crippen LogP contribution in [-0.4, -0.2) is 19.2 Å². The van der Waals surface area contributed by atoms with Crippen molar-refractivity contribution >= 4 is 28.4 Å². The van der Waals surface area contributed by atoms with Crippen molar-refractivity contribution in [3.05, 3.63) is 99.8 Å². The van der Waals surface area contributed by atoms with Crippen molar-refractivity contribution in [2.45, 2.75) is 24.8 Å². The summed E-state index contributed by atoms with van der Waals surface area (Å²) >= 11 is 1.62. The lowest BCUT2D eigenvalue weighted by Crippen LogP contribution is -2.22. The second-order valence-corrected chi connectivity index (χ2v) is 8.28. The minimum absolute atomic E-state index is 0.0881. The third kappa shape index (κ3) is 3.09. The van der Waals surface area contributed by atoms with Gasteiger partial charge >= 0.3 is 0 Å². The predicted molar refractivity (Wildman–Crippen MR) is 122 cm³/mol. The van der Waals surface area contributed by atoms with Crippen LogP contribution in [0.2, 0.25) is 0 Å². The first kappa shape index (κ1) is 18.6. The van der Waals surface area contributed by atoms with Crippen molar-refractivity contribution in [3.8, 4) is 5.69 Å². The molecule has 30 heavy (non-hydrogen) atoms. The van der Waals surface area contributed by atoms with Crippen LogP contribution >= 0.6 is 11.8 Å². The van der Waals surface area contributed by atoms with Crippen molar-refractivity contribution in [3.63, 3.8) is 0 Å². The Hall–Kier alpha value is -3.38. The van der Waals surface area contributed by atoms with Gasteiger partial charge in [-0.25, -0.2) is 4.57 Å². The van der Waals surface area contributed by atoms with Crippen molar-refractivity contribution in [1.29, 1.82) is 0 Å². The van der Waals surface area contributed by atoms with Gasteiger partial charge in [0.25, 0.3) is 5.56 Å². The minimum Gasteiger partial charge on any atom is -0.268 e. The molecule has 0 atom stereocenters. The van der Waals surface area contributed by atoms with E-state index >= 15 is 0 Å². The average molecular weight is 413 g/mol. The molecule has 2 heterocycles. The first-order chi connectivity index (χ1) is 14.6. The molecule has 0 aliphatic heterocycles. The number of hydrogen-bond acceptors (Lipinski definition) is 4. The molecule has 0 amide bonds. The predicted octanol–water partition coefficient (Wildman–Crippen LogP) is 4.94. The summed E-state index contributed by atoms with van der Waals surface area (Å²) in [6, 6.07) is 24.0. The van der Waals surface area contributed by atoms with E-state index in [-0.39, 0.29) is 5.56 Å². The summed E-state index contributed by atoms with van der Waals surface area (Å²) < 4.78 is 3.66. The number of rotatable bonds is 4. The Morgan fingerprint density at radius 1 is 0.867 bits per heavy atom. The summed E-state index contributed by atoms with van der Waals surface area (Å²) in [5.74, 6) is 1.30. The van der Waals surface area contributed by atoms with Gasteiger partial charge in [0.2, 0.25) is 5.78 Å². The first-order valence-corrected chi connectivity index (χ1v) is 10.8. The highest BCUT2D eigenvalue weighted by Gasteiger charge is 2.18. The number of aryl methyl sites for hydroxylation is 2. The highest BCUT2D eigenvalue weighted by molar-refractivity contribution is 7.98. The second kappa shape index (κ2) is 7.46. The zero-order valence-electron chi connectivity index (χ0n) is 16.7. The van der Waals surface area contributed by atoms with E-state index in [2.05, 4.69) is 41.4 Å². The molecule has 0 aliphatic carbocycles. The van der Waals surface area contributed by atoms with Gasteiger partial charge in [0.1, 0.15) is 0 Å². The summed E-state index contributed by atoms with van der Waals surface area (Å²) in [5, 5.41) is 10.3. The number of thioether (sulfide) groups is 1. The quantitative estimate of drug-likeness (QED) is 0.392. The molecule has 3 aromatic carbocycles. The van der Waals surface area contributed by atoms with Crippen molar-refractivity contribution < 1.29 is 0 Å². The molecular formula is C24H20N4OS. The fourth-order valence-corrected chi connectivity index (χ4v) is 4.53. The molecule has 5 rings (SSSR count). The van der Waals surface area contributed by atoms with Gasteiger partial charge in [-0.15, -0.1) is 10.2 Å². The number of hydrogen-bond donors (Lipinski definition) is 0. The van der Waals surface area contributed by atoms with Crippen LogP contribution in [0.15, 0.2) is 82.7 Å². The minimum atomic E-state index is -0.0881. The molecule has 5 nitrogen and oxygen atoms in total. The molecule has 6 heteroatoms. The fraction of sp³-hybridized carbons (Fsp3) is 0.125. The van der Waals surface area contributed by atoms with Crippen molar-refractivity contribution in [1.82, 2.24) is 19.2 Å². The molecule has 0 fully saturated rings. The molecule has 0 N–H and O–H groups in total. The molecule has 0 unspecified atom stereocenters. The normalized spacial score (nSPS) is 11.4. The summed E-state index contributed by atoms with van der Waals surface area (Å²) in [7, 11) is 0. The maximum absolute atomic E-state index is 13.4. The van der Waals surface area contributed by atoms with Gasteiger partial charge in [-0.2, -0.15) is 0 Å².